The molecule has 1 nitrogen and oxygen atoms in total. The maximum Gasteiger partial charge on any atom is 0.129 e. The standard InChI is InChI=1S/C19H24FN/c1-12-6-7-13(2)16(8-12)11-18(21-5)17-9-14(3)19(20)15(4)10-17/h6-10,18,21H,11H2,1-5H3. The highest BCUT2D eigenvalue weighted by molar-refractivity contribution is 5.36. The molecule has 1 N–H and O–H groups in total. The van der Waals surface area contributed by atoms with Crippen LogP contribution in [0.25, 0.3) is 0 Å². The Balaban J connectivity index is 2.34. The van der Waals surface area contributed by atoms with E-state index in [1.807, 2.05) is 33.0 Å². The molecule has 112 valence electrons. The molecule has 1 atom stereocenters. The molecule has 2 heteroatoms. The number of benzene rings is 2. The van der Waals surface area contributed by atoms with Gasteiger partial charge >= 0.3 is 0 Å². The lowest BCUT2D eigenvalue weighted by Crippen LogP contribution is -2.20. The summed E-state index contributed by atoms with van der Waals surface area (Å²) in [5, 5.41) is 3.36. The molecule has 0 aliphatic carbocycles. The van der Waals surface area contributed by atoms with E-state index in [0.29, 0.717) is 11.1 Å². The lowest BCUT2D eigenvalue weighted by Gasteiger charge is -2.20. The van der Waals surface area contributed by atoms with Crippen LogP contribution in [-0.4, -0.2) is 7.05 Å². The summed E-state index contributed by atoms with van der Waals surface area (Å²) in [4.78, 5) is 0. The summed E-state index contributed by atoms with van der Waals surface area (Å²) < 4.78 is 13.8. The number of nitrogens with one attached hydrogen (secondary N) is 1. The molecule has 0 aliphatic rings. The summed E-state index contributed by atoms with van der Waals surface area (Å²) in [5.41, 5.74) is 6.49. The number of rotatable bonds is 4. The van der Waals surface area contributed by atoms with Crippen LogP contribution in [0.2, 0.25) is 0 Å². The Morgan fingerprint density at radius 1 is 0.952 bits per heavy atom. The highest BCUT2D eigenvalue weighted by Crippen LogP contribution is 2.24. The number of likely N-dealkylation sites (N-methyl/N-ethyl adjacent to an activating group) is 1. The first-order valence-electron chi connectivity index (χ1n) is 7.42. The lowest BCUT2D eigenvalue weighted by molar-refractivity contribution is 0.578. The van der Waals surface area contributed by atoms with E-state index in [-0.39, 0.29) is 11.9 Å². The minimum absolute atomic E-state index is 0.0969. The molecule has 0 aromatic heterocycles. The van der Waals surface area contributed by atoms with E-state index >= 15 is 0 Å². The molecule has 0 heterocycles. The largest absolute Gasteiger partial charge is 0.313 e. The average Bonchev–Trinajstić information content (AvgIpc) is 2.45. The molecular formula is C19H24FN. The molecule has 2 aromatic carbocycles. The van der Waals surface area contributed by atoms with Gasteiger partial charge in [0, 0.05) is 6.04 Å². The molecule has 0 amide bonds. The Morgan fingerprint density at radius 3 is 2.14 bits per heavy atom. The zero-order chi connectivity index (χ0) is 15.6. The smallest absolute Gasteiger partial charge is 0.129 e. The monoisotopic (exact) mass is 285 g/mol. The van der Waals surface area contributed by atoms with Gasteiger partial charge in [-0.25, -0.2) is 4.39 Å². The fourth-order valence-corrected chi connectivity index (χ4v) is 2.81. The van der Waals surface area contributed by atoms with E-state index in [1.165, 1.54) is 16.7 Å². The fraction of sp³-hybridized carbons (Fsp3) is 0.368. The van der Waals surface area contributed by atoms with Crippen molar-refractivity contribution in [2.24, 2.45) is 0 Å². The normalized spacial score (nSPS) is 12.5. The summed E-state index contributed by atoms with van der Waals surface area (Å²) in [6.45, 7) is 7.92. The van der Waals surface area contributed by atoms with E-state index in [9.17, 15) is 4.39 Å². The first-order chi connectivity index (χ1) is 9.92. The van der Waals surface area contributed by atoms with Gasteiger partial charge in [-0.15, -0.1) is 0 Å². The molecule has 0 bridgehead atoms. The van der Waals surface area contributed by atoms with Gasteiger partial charge in [0.25, 0.3) is 0 Å². The van der Waals surface area contributed by atoms with Crippen molar-refractivity contribution in [1.82, 2.24) is 5.32 Å². The van der Waals surface area contributed by atoms with Crippen LogP contribution >= 0.6 is 0 Å². The van der Waals surface area contributed by atoms with Gasteiger partial charge in [-0.05, 0) is 69.0 Å². The van der Waals surface area contributed by atoms with Crippen LogP contribution in [0.4, 0.5) is 4.39 Å². The maximum absolute atomic E-state index is 13.8. The summed E-state index contributed by atoms with van der Waals surface area (Å²) in [6, 6.07) is 10.6. The first-order valence-corrected chi connectivity index (χ1v) is 7.42. The van der Waals surface area contributed by atoms with Gasteiger partial charge < -0.3 is 5.32 Å². The third-order valence-electron chi connectivity index (χ3n) is 4.14. The SMILES string of the molecule is CNC(Cc1cc(C)ccc1C)c1cc(C)c(F)c(C)c1. The number of aryl methyl sites for hydroxylation is 4. The molecule has 0 aliphatic heterocycles. The Kier molecular flexibility index (Phi) is 4.79. The summed E-state index contributed by atoms with van der Waals surface area (Å²) in [7, 11) is 1.96. The van der Waals surface area contributed by atoms with Crippen molar-refractivity contribution in [3.63, 3.8) is 0 Å². The highest BCUT2D eigenvalue weighted by Gasteiger charge is 2.14. The topological polar surface area (TPSA) is 12.0 Å². The second kappa shape index (κ2) is 6.40. The van der Waals surface area contributed by atoms with Gasteiger partial charge in [-0.1, -0.05) is 35.9 Å². The maximum atomic E-state index is 13.8. The Morgan fingerprint density at radius 2 is 1.57 bits per heavy atom. The van der Waals surface area contributed by atoms with Gasteiger partial charge in [0.05, 0.1) is 0 Å². The third kappa shape index (κ3) is 3.51. The van der Waals surface area contributed by atoms with Crippen molar-refractivity contribution in [2.75, 3.05) is 7.05 Å². The van der Waals surface area contributed by atoms with Crippen LogP contribution in [0.5, 0.6) is 0 Å². The lowest BCUT2D eigenvalue weighted by atomic mass is 9.93. The van der Waals surface area contributed by atoms with Crippen molar-refractivity contribution in [2.45, 2.75) is 40.2 Å². The van der Waals surface area contributed by atoms with Gasteiger partial charge in [0.15, 0.2) is 0 Å². The van der Waals surface area contributed by atoms with Gasteiger partial charge in [0.2, 0.25) is 0 Å². The number of hydrogen-bond donors (Lipinski definition) is 1. The molecule has 2 aromatic rings. The average molecular weight is 285 g/mol. The minimum Gasteiger partial charge on any atom is -0.313 e. The van der Waals surface area contributed by atoms with Crippen LogP contribution in [0.15, 0.2) is 30.3 Å². The molecule has 0 spiro atoms. The zero-order valence-corrected chi connectivity index (χ0v) is 13.5. The van der Waals surface area contributed by atoms with Crippen molar-refractivity contribution in [3.8, 4) is 0 Å². The molecule has 2 rings (SSSR count). The summed E-state index contributed by atoms with van der Waals surface area (Å²) >= 11 is 0. The fourth-order valence-electron chi connectivity index (χ4n) is 2.81. The molecule has 0 saturated carbocycles. The molecule has 0 fully saturated rings. The molecule has 0 saturated heterocycles. The first kappa shape index (κ1) is 15.7. The van der Waals surface area contributed by atoms with Gasteiger partial charge in [-0.3, -0.25) is 0 Å². The van der Waals surface area contributed by atoms with Crippen LogP contribution in [-0.2, 0) is 6.42 Å². The third-order valence-corrected chi connectivity index (χ3v) is 4.14. The Labute approximate surface area is 127 Å². The van der Waals surface area contributed by atoms with E-state index in [0.717, 1.165) is 12.0 Å². The Hall–Kier alpha value is -1.67. The van der Waals surface area contributed by atoms with Crippen LogP contribution in [0, 0.1) is 33.5 Å². The van der Waals surface area contributed by atoms with E-state index in [4.69, 9.17) is 0 Å². The predicted octanol–water partition coefficient (Wildman–Crippen LogP) is 4.56. The second-order valence-corrected chi connectivity index (χ2v) is 5.94. The quantitative estimate of drug-likeness (QED) is 0.868. The molecule has 0 radical (unpaired) electrons. The van der Waals surface area contributed by atoms with Crippen molar-refractivity contribution in [3.05, 3.63) is 69.5 Å². The molecule has 1 unspecified atom stereocenters. The molecular weight excluding hydrogens is 261 g/mol. The van der Waals surface area contributed by atoms with Gasteiger partial charge in [0.1, 0.15) is 5.82 Å². The van der Waals surface area contributed by atoms with E-state index in [2.05, 4.69) is 37.4 Å². The van der Waals surface area contributed by atoms with E-state index < -0.39 is 0 Å². The predicted molar refractivity (Wildman–Crippen MR) is 87.3 cm³/mol. The van der Waals surface area contributed by atoms with Crippen LogP contribution in [0.1, 0.15) is 39.4 Å². The number of hydrogen-bond acceptors (Lipinski definition) is 1. The summed E-state index contributed by atoms with van der Waals surface area (Å²) in [5.74, 6) is -0.0969. The van der Waals surface area contributed by atoms with Crippen molar-refractivity contribution < 1.29 is 4.39 Å². The van der Waals surface area contributed by atoms with Crippen LogP contribution < -0.4 is 5.32 Å². The van der Waals surface area contributed by atoms with E-state index in [1.54, 1.807) is 0 Å². The number of halogens is 1. The Bertz CT molecular complexity index is 623. The summed E-state index contributed by atoms with van der Waals surface area (Å²) in [6.07, 6.45) is 0.911. The van der Waals surface area contributed by atoms with Crippen LogP contribution in [0.3, 0.4) is 0 Å². The molecule has 21 heavy (non-hydrogen) atoms. The zero-order valence-electron chi connectivity index (χ0n) is 13.5. The second-order valence-electron chi connectivity index (χ2n) is 5.94. The highest BCUT2D eigenvalue weighted by atomic mass is 19.1. The van der Waals surface area contributed by atoms with Gasteiger partial charge in [-0.2, -0.15) is 0 Å². The minimum atomic E-state index is -0.0969. The van der Waals surface area contributed by atoms with Crippen molar-refractivity contribution in [1.29, 1.82) is 0 Å². The van der Waals surface area contributed by atoms with Crippen molar-refractivity contribution >= 4 is 0 Å².